The number of amides is 1. The third-order valence-electron chi connectivity index (χ3n) is 5.27. The molecule has 1 saturated heterocycles. The van der Waals surface area contributed by atoms with E-state index in [-0.39, 0.29) is 18.2 Å². The summed E-state index contributed by atoms with van der Waals surface area (Å²) in [7, 11) is 1.58. The van der Waals surface area contributed by atoms with Crippen LogP contribution in [0.3, 0.4) is 0 Å². The Kier molecular flexibility index (Phi) is 6.60. The maximum absolute atomic E-state index is 13.3. The SMILES string of the molecule is CCCOc1ccc(-c2noc(C3CC(=O)N(Cc4ccc(F)cc4Cl)C3)n2)cc1OC. The number of aromatic nitrogens is 2. The molecule has 2 heterocycles. The van der Waals surface area contributed by atoms with E-state index < -0.39 is 5.82 Å². The smallest absolute Gasteiger partial charge is 0.232 e. The Morgan fingerprint density at radius 3 is 2.84 bits per heavy atom. The van der Waals surface area contributed by atoms with Crippen molar-refractivity contribution < 1.29 is 23.2 Å². The van der Waals surface area contributed by atoms with Gasteiger partial charge in [0.15, 0.2) is 11.5 Å². The molecule has 1 aromatic heterocycles. The molecule has 1 unspecified atom stereocenters. The molecule has 1 amide bonds. The monoisotopic (exact) mass is 459 g/mol. The summed E-state index contributed by atoms with van der Waals surface area (Å²) in [6.07, 6.45) is 1.15. The molecule has 0 aliphatic carbocycles. The second-order valence-corrected chi connectivity index (χ2v) is 7.99. The minimum absolute atomic E-state index is 0.0470. The highest BCUT2D eigenvalue weighted by Crippen LogP contribution is 2.34. The quantitative estimate of drug-likeness (QED) is 0.479. The van der Waals surface area contributed by atoms with Crippen LogP contribution in [0.5, 0.6) is 11.5 Å². The molecule has 168 valence electrons. The van der Waals surface area contributed by atoms with Crippen LogP contribution >= 0.6 is 11.6 Å². The zero-order valence-corrected chi connectivity index (χ0v) is 18.6. The standard InChI is InChI=1S/C23H23ClFN3O4/c1-3-8-31-19-7-5-14(9-20(19)30-2)22-26-23(32-27-22)16-10-21(29)28(13-16)12-15-4-6-17(25)11-18(15)24/h4-7,9,11,16H,3,8,10,12-13H2,1-2H3. The molecule has 1 atom stereocenters. The minimum Gasteiger partial charge on any atom is -0.493 e. The molecule has 1 fully saturated rings. The Hall–Kier alpha value is -3.13. The number of carbonyl (C=O) groups excluding carboxylic acids is 1. The molecule has 1 aliphatic rings. The summed E-state index contributed by atoms with van der Waals surface area (Å²) >= 11 is 6.11. The van der Waals surface area contributed by atoms with Crippen LogP contribution in [-0.4, -0.2) is 41.2 Å². The van der Waals surface area contributed by atoms with Crippen molar-refractivity contribution >= 4 is 17.5 Å². The van der Waals surface area contributed by atoms with Crippen molar-refractivity contribution in [3.8, 4) is 22.9 Å². The summed E-state index contributed by atoms with van der Waals surface area (Å²) in [4.78, 5) is 18.7. The molecule has 0 spiro atoms. The van der Waals surface area contributed by atoms with Crippen molar-refractivity contribution in [2.45, 2.75) is 32.2 Å². The fourth-order valence-corrected chi connectivity index (χ4v) is 3.83. The van der Waals surface area contributed by atoms with Gasteiger partial charge in [0.25, 0.3) is 0 Å². The molecule has 4 rings (SSSR count). The van der Waals surface area contributed by atoms with Crippen LogP contribution in [0.1, 0.15) is 37.1 Å². The zero-order valence-electron chi connectivity index (χ0n) is 17.8. The lowest BCUT2D eigenvalue weighted by molar-refractivity contribution is -0.128. The number of methoxy groups -OCH3 is 1. The molecule has 9 heteroatoms. The number of hydrogen-bond acceptors (Lipinski definition) is 6. The highest BCUT2D eigenvalue weighted by Gasteiger charge is 2.34. The van der Waals surface area contributed by atoms with Crippen molar-refractivity contribution in [3.05, 3.63) is 58.7 Å². The third-order valence-corrected chi connectivity index (χ3v) is 5.62. The maximum atomic E-state index is 13.3. The van der Waals surface area contributed by atoms with E-state index in [0.29, 0.717) is 53.5 Å². The number of likely N-dealkylation sites (tertiary alicyclic amines) is 1. The van der Waals surface area contributed by atoms with Crippen molar-refractivity contribution in [3.63, 3.8) is 0 Å². The van der Waals surface area contributed by atoms with Gasteiger partial charge < -0.3 is 18.9 Å². The lowest BCUT2D eigenvalue weighted by atomic mass is 10.1. The summed E-state index contributed by atoms with van der Waals surface area (Å²) < 4.78 is 29.8. The highest BCUT2D eigenvalue weighted by atomic mass is 35.5. The first-order valence-electron chi connectivity index (χ1n) is 10.3. The van der Waals surface area contributed by atoms with E-state index in [4.69, 9.17) is 25.6 Å². The summed E-state index contributed by atoms with van der Waals surface area (Å²) in [5, 5.41) is 4.37. The van der Waals surface area contributed by atoms with Crippen LogP contribution in [0.25, 0.3) is 11.4 Å². The van der Waals surface area contributed by atoms with Crippen molar-refractivity contribution in [2.75, 3.05) is 20.3 Å². The fourth-order valence-electron chi connectivity index (χ4n) is 3.60. The summed E-state index contributed by atoms with van der Waals surface area (Å²) in [6, 6.07) is 9.60. The average Bonchev–Trinajstić information content (AvgIpc) is 3.41. The number of hydrogen-bond donors (Lipinski definition) is 0. The van der Waals surface area contributed by atoms with Gasteiger partial charge >= 0.3 is 0 Å². The van der Waals surface area contributed by atoms with Crippen LogP contribution in [0.4, 0.5) is 4.39 Å². The predicted molar refractivity (Wildman–Crippen MR) is 116 cm³/mol. The van der Waals surface area contributed by atoms with Gasteiger partial charge in [0.1, 0.15) is 5.82 Å². The van der Waals surface area contributed by atoms with Crippen LogP contribution in [0.2, 0.25) is 5.02 Å². The lowest BCUT2D eigenvalue weighted by Crippen LogP contribution is -2.24. The number of halogens is 2. The van der Waals surface area contributed by atoms with E-state index in [1.54, 1.807) is 24.1 Å². The molecule has 1 aliphatic heterocycles. The summed E-state index contributed by atoms with van der Waals surface area (Å²) in [5.74, 6) is 1.36. The van der Waals surface area contributed by atoms with Crippen molar-refractivity contribution in [2.24, 2.45) is 0 Å². The van der Waals surface area contributed by atoms with E-state index in [0.717, 1.165) is 12.0 Å². The number of carbonyl (C=O) groups is 1. The number of rotatable bonds is 8. The van der Waals surface area contributed by atoms with E-state index >= 15 is 0 Å². The van der Waals surface area contributed by atoms with E-state index in [9.17, 15) is 9.18 Å². The largest absolute Gasteiger partial charge is 0.493 e. The molecule has 0 radical (unpaired) electrons. The van der Waals surface area contributed by atoms with Gasteiger partial charge in [0.2, 0.25) is 17.6 Å². The number of nitrogens with zero attached hydrogens (tertiary/aromatic N) is 3. The van der Waals surface area contributed by atoms with Crippen LogP contribution in [-0.2, 0) is 11.3 Å². The predicted octanol–water partition coefficient (Wildman–Crippen LogP) is 4.84. The van der Waals surface area contributed by atoms with Gasteiger partial charge in [-0.05, 0) is 42.3 Å². The number of benzene rings is 2. The van der Waals surface area contributed by atoms with Crippen molar-refractivity contribution in [1.82, 2.24) is 15.0 Å². The molecule has 32 heavy (non-hydrogen) atoms. The molecule has 7 nitrogen and oxygen atoms in total. The average molecular weight is 460 g/mol. The van der Waals surface area contributed by atoms with E-state index in [1.807, 2.05) is 19.1 Å². The Bertz CT molecular complexity index is 1120. The molecule has 2 aromatic carbocycles. The Balaban J connectivity index is 1.47. The lowest BCUT2D eigenvalue weighted by Gasteiger charge is -2.17. The molecule has 0 N–H and O–H groups in total. The van der Waals surface area contributed by atoms with Gasteiger partial charge in [0.05, 0.1) is 19.6 Å². The molecular weight excluding hydrogens is 437 g/mol. The first-order valence-corrected chi connectivity index (χ1v) is 10.7. The molecule has 0 saturated carbocycles. The van der Waals surface area contributed by atoms with Gasteiger partial charge in [0, 0.05) is 30.1 Å². The molecular formula is C23H23ClFN3O4. The van der Waals surface area contributed by atoms with Gasteiger partial charge in [-0.15, -0.1) is 0 Å². The molecule has 0 bridgehead atoms. The normalized spacial score (nSPS) is 15.9. The topological polar surface area (TPSA) is 77.7 Å². The third kappa shape index (κ3) is 4.70. The van der Waals surface area contributed by atoms with Gasteiger partial charge in [-0.25, -0.2) is 4.39 Å². The summed E-state index contributed by atoms with van der Waals surface area (Å²) in [5.41, 5.74) is 1.41. The van der Waals surface area contributed by atoms with E-state index in [2.05, 4.69) is 10.1 Å². The first kappa shape index (κ1) is 22.1. The second-order valence-electron chi connectivity index (χ2n) is 7.58. The zero-order chi connectivity index (χ0) is 22.7. The Morgan fingerprint density at radius 2 is 2.09 bits per heavy atom. The Labute approximate surface area is 190 Å². The van der Waals surface area contributed by atoms with E-state index in [1.165, 1.54) is 12.1 Å². The Morgan fingerprint density at radius 1 is 1.25 bits per heavy atom. The van der Waals surface area contributed by atoms with Gasteiger partial charge in [-0.2, -0.15) is 4.98 Å². The van der Waals surface area contributed by atoms with Gasteiger partial charge in [-0.1, -0.05) is 29.7 Å². The molecule has 3 aromatic rings. The second kappa shape index (κ2) is 9.56. The van der Waals surface area contributed by atoms with Gasteiger partial charge in [-0.3, -0.25) is 4.79 Å². The first-order chi connectivity index (χ1) is 15.5. The van der Waals surface area contributed by atoms with Crippen molar-refractivity contribution in [1.29, 1.82) is 0 Å². The van der Waals surface area contributed by atoms with Crippen LogP contribution < -0.4 is 9.47 Å². The van der Waals surface area contributed by atoms with Crippen LogP contribution in [0, 0.1) is 5.82 Å². The number of ether oxygens (including phenoxy) is 2. The van der Waals surface area contributed by atoms with Crippen LogP contribution in [0.15, 0.2) is 40.9 Å². The maximum Gasteiger partial charge on any atom is 0.232 e. The highest BCUT2D eigenvalue weighted by molar-refractivity contribution is 6.31. The summed E-state index contributed by atoms with van der Waals surface area (Å²) in [6.45, 7) is 3.34. The fraction of sp³-hybridized carbons (Fsp3) is 0.348. The minimum atomic E-state index is -0.413.